The Morgan fingerprint density at radius 2 is 1.36 bits per heavy atom. The number of allylic oxidation sites excluding steroid dienone is 9. The Labute approximate surface area is 287 Å². The average molecular weight is 704 g/mol. The van der Waals surface area contributed by atoms with Gasteiger partial charge in [0.05, 0.1) is 0 Å². The predicted molar refractivity (Wildman–Crippen MR) is 192 cm³/mol. The van der Waals surface area contributed by atoms with Crippen molar-refractivity contribution in [1.29, 1.82) is 0 Å². The van der Waals surface area contributed by atoms with E-state index < -0.39 is 20.8 Å². The first-order valence-corrected chi connectivity index (χ1v) is 22.7. The monoisotopic (exact) mass is 701 g/mol. The maximum atomic E-state index is 4.93. The molecule has 0 amide bonds. The third kappa shape index (κ3) is 12.5. The Balaban J connectivity index is 0.000000226. The second kappa shape index (κ2) is 21.1. The molecule has 0 saturated heterocycles. The molecule has 3 aromatic rings. The van der Waals surface area contributed by atoms with E-state index in [1.54, 1.807) is 5.56 Å². The van der Waals surface area contributed by atoms with Gasteiger partial charge in [0.2, 0.25) is 0 Å². The molecular weight excluding hydrogens is 655 g/mol. The molecule has 0 saturated carbocycles. The molecule has 0 N–H and O–H groups in total. The third-order valence-electron chi connectivity index (χ3n) is 8.10. The summed E-state index contributed by atoms with van der Waals surface area (Å²) in [4.78, 5) is 0. The van der Waals surface area contributed by atoms with Gasteiger partial charge in [-0.3, -0.25) is 12.2 Å². The molecule has 0 aliphatic heterocycles. The molecule has 0 atom stereocenters. The summed E-state index contributed by atoms with van der Waals surface area (Å²) in [6.07, 6.45) is 32.0. The van der Waals surface area contributed by atoms with Crippen LogP contribution in [0.3, 0.4) is 0 Å². The third-order valence-corrected chi connectivity index (χ3v) is 8.10. The van der Waals surface area contributed by atoms with Crippen molar-refractivity contribution in [2.45, 2.75) is 105 Å². The van der Waals surface area contributed by atoms with Gasteiger partial charge in [0, 0.05) is 0 Å². The van der Waals surface area contributed by atoms with Crippen LogP contribution in [-0.4, -0.2) is 0 Å². The molecule has 234 valence electrons. The second-order valence-electron chi connectivity index (χ2n) is 11.9. The van der Waals surface area contributed by atoms with Crippen LogP contribution < -0.4 is 0 Å². The van der Waals surface area contributed by atoms with Gasteiger partial charge < -0.3 is 0 Å². The van der Waals surface area contributed by atoms with Gasteiger partial charge in [-0.2, -0.15) is 18.2 Å². The molecule has 44 heavy (non-hydrogen) atoms. The fourth-order valence-electron chi connectivity index (χ4n) is 6.08. The molecule has 0 nitrogen and oxygen atoms in total. The number of halogens is 2. The van der Waals surface area contributed by atoms with E-state index >= 15 is 0 Å². The number of rotatable bonds is 10. The van der Waals surface area contributed by atoms with Crippen molar-refractivity contribution in [2.75, 3.05) is 0 Å². The molecule has 3 aromatic carbocycles. The van der Waals surface area contributed by atoms with Crippen LogP contribution in [0.15, 0.2) is 89.6 Å². The van der Waals surface area contributed by atoms with Gasteiger partial charge in [-0.1, -0.05) is 102 Å². The Morgan fingerprint density at radius 3 is 1.95 bits per heavy atom. The van der Waals surface area contributed by atoms with Gasteiger partial charge in [-0.25, -0.2) is 23.3 Å². The summed E-state index contributed by atoms with van der Waals surface area (Å²) < 4.78 is 0. The summed E-state index contributed by atoms with van der Waals surface area (Å²) in [6.45, 7) is 8.83. The fraction of sp³-hybridized carbons (Fsp3) is 0.390. The minimum absolute atomic E-state index is 0.826. The first-order chi connectivity index (χ1) is 21.5. The molecule has 3 heteroatoms. The van der Waals surface area contributed by atoms with Crippen molar-refractivity contribution < 1.29 is 20.8 Å². The number of aryl methyl sites for hydroxylation is 3. The van der Waals surface area contributed by atoms with Crippen LogP contribution in [0.5, 0.6) is 0 Å². The average Bonchev–Trinajstić information content (AvgIpc) is 3.82. The van der Waals surface area contributed by atoms with Crippen molar-refractivity contribution in [3.05, 3.63) is 130 Å². The van der Waals surface area contributed by atoms with Crippen LogP contribution in [0.25, 0.3) is 16.8 Å². The van der Waals surface area contributed by atoms with Crippen LogP contribution in [0.2, 0.25) is 0 Å². The van der Waals surface area contributed by atoms with Crippen LogP contribution >= 0.6 is 17.0 Å². The SMILES string of the molecule is CC1=Cc2c(CCCCCc3cccc4cc(C)[cH-]c34)cccc2C1.CCCC1=[C-]CC=C1.CCCC1=[C-]CC=C1.[Cl][Zr][Cl]. The molecule has 3 aliphatic rings. The summed E-state index contributed by atoms with van der Waals surface area (Å²) in [5.41, 5.74) is 11.8. The molecule has 0 unspecified atom stereocenters. The zero-order chi connectivity index (χ0) is 31.6. The van der Waals surface area contributed by atoms with E-state index in [2.05, 4.69) is 119 Å². The van der Waals surface area contributed by atoms with E-state index in [0.29, 0.717) is 0 Å². The van der Waals surface area contributed by atoms with Crippen molar-refractivity contribution in [2.24, 2.45) is 0 Å². The fourth-order valence-corrected chi connectivity index (χ4v) is 6.08. The number of unbranched alkanes of at least 4 members (excludes halogenated alkanes) is 2. The zero-order valence-electron chi connectivity index (χ0n) is 27.2. The van der Waals surface area contributed by atoms with Gasteiger partial charge in [0.1, 0.15) is 0 Å². The van der Waals surface area contributed by atoms with Gasteiger partial charge >= 0.3 is 37.9 Å². The predicted octanol–water partition coefficient (Wildman–Crippen LogP) is 13.1. The normalized spacial score (nSPS) is 14.0. The zero-order valence-corrected chi connectivity index (χ0v) is 31.2. The van der Waals surface area contributed by atoms with Gasteiger partial charge in [-0.15, -0.1) is 52.9 Å². The molecule has 0 fully saturated rings. The minimum atomic E-state index is -0.826. The summed E-state index contributed by atoms with van der Waals surface area (Å²) in [5, 5.41) is 2.86. The Bertz CT molecular complexity index is 1410. The van der Waals surface area contributed by atoms with Gasteiger partial charge in [0.25, 0.3) is 0 Å². The number of hydrogen-bond acceptors (Lipinski definition) is 0. The molecule has 0 aromatic heterocycles. The van der Waals surface area contributed by atoms with Gasteiger partial charge in [-0.05, 0) is 42.9 Å². The molecule has 0 spiro atoms. The topological polar surface area (TPSA) is 0 Å². The maximum absolute atomic E-state index is 4.93. The van der Waals surface area contributed by atoms with Crippen molar-refractivity contribution in [3.63, 3.8) is 0 Å². The van der Waals surface area contributed by atoms with Crippen molar-refractivity contribution >= 4 is 33.9 Å². The summed E-state index contributed by atoms with van der Waals surface area (Å²) in [5.74, 6) is 0. The first kappa shape index (κ1) is 36.7. The number of benzene rings is 2. The molecule has 0 heterocycles. The van der Waals surface area contributed by atoms with E-state index in [-0.39, 0.29) is 0 Å². The number of fused-ring (bicyclic) bond motifs is 2. The van der Waals surface area contributed by atoms with E-state index in [1.165, 1.54) is 108 Å². The second-order valence-corrected chi connectivity index (χ2v) is 15.6. The van der Waals surface area contributed by atoms with Crippen molar-refractivity contribution in [3.8, 4) is 0 Å². The van der Waals surface area contributed by atoms with E-state index in [0.717, 1.165) is 19.3 Å². The molecule has 6 rings (SSSR count). The van der Waals surface area contributed by atoms with Crippen LogP contribution in [-0.2, 0) is 40.1 Å². The Morgan fingerprint density at radius 1 is 0.773 bits per heavy atom. The standard InChI is InChI=1S/C25H27.2C8H11.2ClH.Zr/c1-18-14-22-12-6-10-20(24(22)16-18)8-4-3-5-9-21-11-7-13-23-15-19(2)17-25(21)23;2*1-2-5-8-6-3-4-7-8;;;/h6-7,10-14,16-17H,3-5,8-9,15H2,1-2H3;2*3,6H,2,4-5H2,1H3;2*1H;/q3*-1;;;+2/p-2. The van der Waals surface area contributed by atoms with E-state index in [9.17, 15) is 0 Å². The summed E-state index contributed by atoms with van der Waals surface area (Å²) >= 11 is -0.826. The van der Waals surface area contributed by atoms with Crippen LogP contribution in [0.4, 0.5) is 0 Å². The molecule has 0 bridgehead atoms. The van der Waals surface area contributed by atoms with Gasteiger partial charge in [0.15, 0.2) is 0 Å². The molecule has 0 radical (unpaired) electrons. The first-order valence-electron chi connectivity index (χ1n) is 16.4. The van der Waals surface area contributed by atoms with Crippen LogP contribution in [0.1, 0.15) is 106 Å². The summed E-state index contributed by atoms with van der Waals surface area (Å²) in [7, 11) is 9.87. The quantitative estimate of drug-likeness (QED) is 0.146. The Kier molecular flexibility index (Phi) is 17.6. The molecule has 3 aliphatic carbocycles. The van der Waals surface area contributed by atoms with E-state index in [4.69, 9.17) is 17.0 Å². The molecular formula is C41H49Cl2Zr-3. The number of hydrogen-bond donors (Lipinski definition) is 0. The Hall–Kier alpha value is -1.79. The van der Waals surface area contributed by atoms with E-state index in [1.807, 2.05) is 0 Å². The van der Waals surface area contributed by atoms with Crippen molar-refractivity contribution in [1.82, 2.24) is 0 Å². The van der Waals surface area contributed by atoms with Crippen LogP contribution in [0, 0.1) is 19.1 Å². The summed E-state index contributed by atoms with van der Waals surface area (Å²) in [6, 6.07) is 18.2.